The molecule has 27 heavy (non-hydrogen) atoms. The van der Waals surface area contributed by atoms with Crippen molar-refractivity contribution in [3.05, 3.63) is 12.2 Å². The zero-order valence-corrected chi connectivity index (χ0v) is 18.3. The minimum absolute atomic E-state index is 0.154. The van der Waals surface area contributed by atoms with E-state index in [1.54, 1.807) is 0 Å². The second-order valence-electron chi connectivity index (χ2n) is 7.63. The van der Waals surface area contributed by atoms with Gasteiger partial charge in [0.25, 0.3) is 0 Å². The summed E-state index contributed by atoms with van der Waals surface area (Å²) in [6, 6.07) is 0. The number of hydrogen-bond acceptors (Lipinski definition) is 5. The predicted molar refractivity (Wildman–Crippen MR) is 111 cm³/mol. The summed E-state index contributed by atoms with van der Waals surface area (Å²) in [6.07, 6.45) is 19.0. The molecule has 0 aromatic rings. The van der Waals surface area contributed by atoms with Gasteiger partial charge in [-0.1, -0.05) is 90.2 Å². The lowest BCUT2D eigenvalue weighted by Crippen LogP contribution is -2.19. The van der Waals surface area contributed by atoms with Gasteiger partial charge in [0.1, 0.15) is 0 Å². The van der Waals surface area contributed by atoms with Crippen molar-refractivity contribution >= 4 is 7.82 Å². The molecule has 0 saturated carbocycles. The first kappa shape index (κ1) is 24.8. The van der Waals surface area contributed by atoms with Crippen molar-refractivity contribution in [2.24, 2.45) is 5.92 Å². The van der Waals surface area contributed by atoms with Crippen molar-refractivity contribution in [3.8, 4) is 0 Å². The van der Waals surface area contributed by atoms with Gasteiger partial charge >= 0.3 is 7.82 Å². The summed E-state index contributed by atoms with van der Waals surface area (Å²) in [7, 11) is -3.36. The Hall–Kier alpha value is -0.190. The Balaban J connectivity index is 1.93. The number of aliphatic hydroxyl groups is 1. The molecule has 6 heteroatoms. The molecular weight excluding hydrogens is 363 g/mol. The highest BCUT2D eigenvalue weighted by atomic mass is 31.2. The highest BCUT2D eigenvalue weighted by molar-refractivity contribution is 7.48. The lowest BCUT2D eigenvalue weighted by Gasteiger charge is -2.17. The summed E-state index contributed by atoms with van der Waals surface area (Å²) in [5.74, 6) is -0.155. The van der Waals surface area contributed by atoms with Crippen LogP contribution in [0, 0.1) is 5.92 Å². The third kappa shape index (κ3) is 12.8. The molecule has 1 heterocycles. The molecule has 0 unspecified atom stereocenters. The fourth-order valence-corrected chi connectivity index (χ4v) is 4.31. The Morgan fingerprint density at radius 1 is 0.963 bits per heavy atom. The molecular formula is C21H41O5P. The Labute approximate surface area is 166 Å². The van der Waals surface area contributed by atoms with Crippen LogP contribution in [-0.2, 0) is 18.1 Å². The van der Waals surface area contributed by atoms with E-state index < -0.39 is 13.9 Å². The van der Waals surface area contributed by atoms with Crippen molar-refractivity contribution in [1.29, 1.82) is 0 Å². The summed E-state index contributed by atoms with van der Waals surface area (Å²) >= 11 is 0. The molecule has 0 bridgehead atoms. The van der Waals surface area contributed by atoms with Crippen LogP contribution in [0.1, 0.15) is 90.9 Å². The van der Waals surface area contributed by atoms with Crippen molar-refractivity contribution < 1.29 is 23.2 Å². The first-order valence-electron chi connectivity index (χ1n) is 11.0. The highest BCUT2D eigenvalue weighted by Gasteiger charge is 2.32. The molecule has 5 nitrogen and oxygen atoms in total. The third-order valence-corrected chi connectivity index (χ3v) is 6.43. The van der Waals surface area contributed by atoms with Crippen LogP contribution in [0.2, 0.25) is 0 Å². The zero-order valence-electron chi connectivity index (χ0n) is 17.4. The van der Waals surface area contributed by atoms with E-state index in [0.717, 1.165) is 6.42 Å². The molecule has 160 valence electrons. The highest BCUT2D eigenvalue weighted by Crippen LogP contribution is 2.52. The van der Waals surface area contributed by atoms with Crippen molar-refractivity contribution in [1.82, 2.24) is 0 Å². The molecule has 1 aliphatic rings. The third-order valence-electron chi connectivity index (χ3n) is 4.97. The maximum Gasteiger partial charge on any atom is 0.474 e. The number of phosphoric acid groups is 1. The van der Waals surface area contributed by atoms with Crippen LogP contribution in [0.15, 0.2) is 12.2 Å². The van der Waals surface area contributed by atoms with Crippen LogP contribution in [0.3, 0.4) is 0 Å². The van der Waals surface area contributed by atoms with Crippen LogP contribution < -0.4 is 0 Å². The average molecular weight is 405 g/mol. The number of rotatable bonds is 17. The first-order valence-corrected chi connectivity index (χ1v) is 12.4. The van der Waals surface area contributed by atoms with E-state index in [0.29, 0.717) is 13.2 Å². The zero-order chi connectivity index (χ0) is 19.8. The Kier molecular flexibility index (Phi) is 14.4. The lowest BCUT2D eigenvalue weighted by molar-refractivity contribution is 0.100. The van der Waals surface area contributed by atoms with Crippen LogP contribution in [0.5, 0.6) is 0 Å². The van der Waals surface area contributed by atoms with Gasteiger partial charge in [-0.2, -0.15) is 0 Å². The second kappa shape index (κ2) is 15.7. The summed E-state index contributed by atoms with van der Waals surface area (Å²) in [4.78, 5) is 0. The van der Waals surface area contributed by atoms with Crippen LogP contribution in [0.4, 0.5) is 0 Å². The van der Waals surface area contributed by atoms with E-state index in [1.165, 1.54) is 70.6 Å². The summed E-state index contributed by atoms with van der Waals surface area (Å²) in [5, 5.41) is 10.1. The number of phosphoric ester groups is 1. The van der Waals surface area contributed by atoms with Gasteiger partial charge < -0.3 is 5.11 Å². The first-order chi connectivity index (χ1) is 13.1. The summed E-state index contributed by atoms with van der Waals surface area (Å²) in [5.41, 5.74) is 0. The second-order valence-corrected chi connectivity index (χ2v) is 9.30. The molecule has 2 atom stereocenters. The van der Waals surface area contributed by atoms with Gasteiger partial charge in [0.2, 0.25) is 0 Å². The van der Waals surface area contributed by atoms with Gasteiger partial charge in [0.05, 0.1) is 25.9 Å². The van der Waals surface area contributed by atoms with E-state index in [9.17, 15) is 9.67 Å². The maximum absolute atomic E-state index is 11.9. The standard InChI is InChI=1S/C21H41O5P/c1-3-4-5-6-7-8-9-10-11-12-13-14-15-16-21(22)20(2)19-26-27(23)24-17-18-25-27/h15-16,20-22H,3-14,17-19H2,1-2H3/b16-15+/t20-,21+/m0/s1. The van der Waals surface area contributed by atoms with Crippen molar-refractivity contribution in [2.45, 2.75) is 97.0 Å². The van der Waals surface area contributed by atoms with Crippen molar-refractivity contribution in [2.75, 3.05) is 19.8 Å². The Morgan fingerprint density at radius 2 is 1.48 bits per heavy atom. The maximum atomic E-state index is 11.9. The molecule has 0 radical (unpaired) electrons. The smallest absolute Gasteiger partial charge is 0.389 e. The number of aliphatic hydroxyl groups excluding tert-OH is 1. The van der Waals surface area contributed by atoms with Gasteiger partial charge in [-0.05, 0) is 12.8 Å². The fraction of sp³-hybridized carbons (Fsp3) is 0.905. The summed E-state index contributed by atoms with van der Waals surface area (Å²) in [6.45, 7) is 4.87. The molecule has 1 N–H and O–H groups in total. The van der Waals surface area contributed by atoms with E-state index in [-0.39, 0.29) is 12.5 Å². The van der Waals surface area contributed by atoms with E-state index >= 15 is 0 Å². The van der Waals surface area contributed by atoms with Gasteiger partial charge in [0.15, 0.2) is 0 Å². The van der Waals surface area contributed by atoms with Crippen molar-refractivity contribution in [3.63, 3.8) is 0 Å². The minimum atomic E-state index is -3.36. The molecule has 1 rings (SSSR count). The molecule has 1 saturated heterocycles. The Morgan fingerprint density at radius 3 is 2.04 bits per heavy atom. The van der Waals surface area contributed by atoms with E-state index in [4.69, 9.17) is 13.6 Å². The van der Waals surface area contributed by atoms with Gasteiger partial charge in [-0.3, -0.25) is 13.6 Å². The van der Waals surface area contributed by atoms with Gasteiger partial charge in [-0.15, -0.1) is 0 Å². The molecule has 1 fully saturated rings. The monoisotopic (exact) mass is 404 g/mol. The quantitative estimate of drug-likeness (QED) is 0.172. The lowest BCUT2D eigenvalue weighted by atomic mass is 10.0. The normalized spacial score (nSPS) is 18.9. The molecule has 0 amide bonds. The molecule has 0 aromatic carbocycles. The summed E-state index contributed by atoms with van der Waals surface area (Å²) < 4.78 is 27.0. The van der Waals surface area contributed by atoms with Crippen LogP contribution in [-0.4, -0.2) is 31.0 Å². The number of allylic oxidation sites excluding steroid dienone is 1. The topological polar surface area (TPSA) is 65.0 Å². The van der Waals surface area contributed by atoms with Gasteiger partial charge in [-0.25, -0.2) is 4.57 Å². The number of hydrogen-bond donors (Lipinski definition) is 1. The average Bonchev–Trinajstić information content (AvgIpc) is 3.10. The van der Waals surface area contributed by atoms with E-state index in [2.05, 4.69) is 6.92 Å². The molecule has 0 spiro atoms. The Bertz CT molecular complexity index is 417. The van der Waals surface area contributed by atoms with Crippen LogP contribution >= 0.6 is 7.82 Å². The fourth-order valence-electron chi connectivity index (χ4n) is 3.07. The largest absolute Gasteiger partial charge is 0.474 e. The van der Waals surface area contributed by atoms with E-state index in [1.807, 2.05) is 19.1 Å². The minimum Gasteiger partial charge on any atom is -0.389 e. The SMILES string of the molecule is CCCCCCCCCCCCC/C=C/[C@@H](O)[C@@H](C)COP1(=O)OCCO1. The molecule has 0 aliphatic carbocycles. The molecule has 1 aliphatic heterocycles. The number of unbranched alkanes of at least 4 members (excludes halogenated alkanes) is 11. The van der Waals surface area contributed by atoms with Gasteiger partial charge in [0, 0.05) is 5.92 Å². The molecule has 0 aromatic heterocycles. The predicted octanol–water partition coefficient (Wildman–Crippen LogP) is 6.41. The van der Waals surface area contributed by atoms with Crippen LogP contribution in [0.25, 0.3) is 0 Å².